The standard InChI is InChI=1S/C21H24N4O3/c1-27-17-6-7-19(28-2)18(13-17)21(26)24-11-9-23(10-12-24)14-16-15-25-8-4-3-5-20(25)22-16/h3-8,13,15H,9-12,14H2,1-2H3. The largest absolute Gasteiger partial charge is 0.497 e. The van der Waals surface area contributed by atoms with Crippen LogP contribution in [0.15, 0.2) is 48.8 Å². The smallest absolute Gasteiger partial charge is 0.257 e. The summed E-state index contributed by atoms with van der Waals surface area (Å²) in [5.41, 5.74) is 2.53. The first-order chi connectivity index (χ1) is 13.7. The van der Waals surface area contributed by atoms with Crippen LogP contribution in [0.4, 0.5) is 0 Å². The number of aromatic nitrogens is 2. The molecule has 1 aromatic carbocycles. The fraction of sp³-hybridized carbons (Fsp3) is 0.333. The Balaban J connectivity index is 1.40. The number of carbonyl (C=O) groups is 1. The molecule has 1 amide bonds. The van der Waals surface area contributed by atoms with Gasteiger partial charge in [-0.05, 0) is 30.3 Å². The van der Waals surface area contributed by atoms with Crippen LogP contribution in [-0.4, -0.2) is 65.5 Å². The predicted molar refractivity (Wildman–Crippen MR) is 106 cm³/mol. The molecule has 7 nitrogen and oxygen atoms in total. The molecule has 2 aromatic heterocycles. The number of methoxy groups -OCH3 is 2. The van der Waals surface area contributed by atoms with Gasteiger partial charge >= 0.3 is 0 Å². The van der Waals surface area contributed by atoms with Crippen molar-refractivity contribution in [3.8, 4) is 11.5 Å². The van der Waals surface area contributed by atoms with Crippen LogP contribution in [0.25, 0.3) is 5.65 Å². The Kier molecular flexibility index (Phi) is 5.16. The van der Waals surface area contributed by atoms with E-state index in [9.17, 15) is 4.79 Å². The van der Waals surface area contributed by atoms with E-state index in [1.165, 1.54) is 0 Å². The molecule has 1 saturated heterocycles. The molecule has 3 aromatic rings. The molecule has 0 bridgehead atoms. The SMILES string of the molecule is COc1ccc(OC)c(C(=O)N2CCN(Cc3cn4ccccc4n3)CC2)c1. The molecule has 28 heavy (non-hydrogen) atoms. The molecule has 1 aliphatic heterocycles. The summed E-state index contributed by atoms with van der Waals surface area (Å²) < 4.78 is 12.7. The number of hydrogen-bond acceptors (Lipinski definition) is 5. The quantitative estimate of drug-likeness (QED) is 0.680. The highest BCUT2D eigenvalue weighted by Gasteiger charge is 2.25. The third-order valence-corrected chi connectivity index (χ3v) is 5.10. The van der Waals surface area contributed by atoms with E-state index in [1.807, 2.05) is 33.7 Å². The van der Waals surface area contributed by atoms with E-state index in [4.69, 9.17) is 9.47 Å². The van der Waals surface area contributed by atoms with Gasteiger partial charge in [-0.3, -0.25) is 9.69 Å². The first-order valence-corrected chi connectivity index (χ1v) is 9.34. The molecule has 146 valence electrons. The number of nitrogens with zero attached hydrogens (tertiary/aromatic N) is 4. The summed E-state index contributed by atoms with van der Waals surface area (Å²) in [6.07, 6.45) is 4.07. The van der Waals surface area contributed by atoms with E-state index in [1.54, 1.807) is 32.4 Å². The fourth-order valence-corrected chi connectivity index (χ4v) is 3.55. The molecule has 4 rings (SSSR count). The van der Waals surface area contributed by atoms with Gasteiger partial charge in [-0.1, -0.05) is 6.07 Å². The van der Waals surface area contributed by atoms with E-state index < -0.39 is 0 Å². The molecule has 0 spiro atoms. The summed E-state index contributed by atoms with van der Waals surface area (Å²) in [5, 5.41) is 0. The van der Waals surface area contributed by atoms with Crippen LogP contribution >= 0.6 is 0 Å². The lowest BCUT2D eigenvalue weighted by Crippen LogP contribution is -2.48. The lowest BCUT2D eigenvalue weighted by atomic mass is 10.1. The van der Waals surface area contributed by atoms with Gasteiger partial charge in [-0.25, -0.2) is 4.98 Å². The molecular weight excluding hydrogens is 356 g/mol. The van der Waals surface area contributed by atoms with Crippen molar-refractivity contribution >= 4 is 11.6 Å². The Morgan fingerprint density at radius 1 is 1.07 bits per heavy atom. The molecule has 0 aliphatic carbocycles. The minimum Gasteiger partial charge on any atom is -0.497 e. The summed E-state index contributed by atoms with van der Waals surface area (Å²) in [6, 6.07) is 11.3. The van der Waals surface area contributed by atoms with Crippen molar-refractivity contribution in [2.45, 2.75) is 6.54 Å². The van der Waals surface area contributed by atoms with Crippen molar-refractivity contribution in [2.75, 3.05) is 40.4 Å². The molecule has 7 heteroatoms. The maximum atomic E-state index is 13.0. The molecule has 3 heterocycles. The normalized spacial score (nSPS) is 15.0. The topological polar surface area (TPSA) is 59.3 Å². The number of fused-ring (bicyclic) bond motifs is 1. The average Bonchev–Trinajstić information content (AvgIpc) is 3.15. The van der Waals surface area contributed by atoms with Gasteiger partial charge in [0, 0.05) is 45.1 Å². The van der Waals surface area contributed by atoms with Crippen LogP contribution < -0.4 is 9.47 Å². The molecule has 0 unspecified atom stereocenters. The van der Waals surface area contributed by atoms with Crippen molar-refractivity contribution in [1.82, 2.24) is 19.2 Å². The van der Waals surface area contributed by atoms with Crippen molar-refractivity contribution in [3.63, 3.8) is 0 Å². The molecular formula is C21H24N4O3. The maximum absolute atomic E-state index is 13.0. The van der Waals surface area contributed by atoms with Crippen LogP contribution in [0.5, 0.6) is 11.5 Å². The molecule has 1 aliphatic rings. The fourth-order valence-electron chi connectivity index (χ4n) is 3.55. The second kappa shape index (κ2) is 7.90. The summed E-state index contributed by atoms with van der Waals surface area (Å²) >= 11 is 0. The maximum Gasteiger partial charge on any atom is 0.257 e. The Labute approximate surface area is 164 Å². The highest BCUT2D eigenvalue weighted by Crippen LogP contribution is 2.25. The third-order valence-electron chi connectivity index (χ3n) is 5.10. The minimum absolute atomic E-state index is 0.0249. The molecule has 1 fully saturated rings. The summed E-state index contributed by atoms with van der Waals surface area (Å²) in [4.78, 5) is 21.8. The van der Waals surface area contributed by atoms with Crippen LogP contribution in [0.2, 0.25) is 0 Å². The highest BCUT2D eigenvalue weighted by molar-refractivity contribution is 5.97. The van der Waals surface area contributed by atoms with Gasteiger partial charge in [0.15, 0.2) is 0 Å². The van der Waals surface area contributed by atoms with Crippen LogP contribution in [0, 0.1) is 0 Å². The van der Waals surface area contributed by atoms with Crippen LogP contribution in [-0.2, 0) is 6.54 Å². The number of benzene rings is 1. The van der Waals surface area contributed by atoms with Crippen molar-refractivity contribution in [1.29, 1.82) is 0 Å². The lowest BCUT2D eigenvalue weighted by Gasteiger charge is -2.34. The van der Waals surface area contributed by atoms with Gasteiger partial charge in [-0.2, -0.15) is 0 Å². The second-order valence-electron chi connectivity index (χ2n) is 6.83. The average molecular weight is 380 g/mol. The Morgan fingerprint density at radius 3 is 2.61 bits per heavy atom. The number of carbonyl (C=O) groups excluding carboxylic acids is 1. The first kappa shape index (κ1) is 18.3. The Morgan fingerprint density at radius 2 is 1.89 bits per heavy atom. The van der Waals surface area contributed by atoms with E-state index in [0.29, 0.717) is 30.2 Å². The number of rotatable bonds is 5. The zero-order chi connectivity index (χ0) is 19.5. The van der Waals surface area contributed by atoms with Gasteiger partial charge in [-0.15, -0.1) is 0 Å². The highest BCUT2D eigenvalue weighted by atomic mass is 16.5. The van der Waals surface area contributed by atoms with Crippen molar-refractivity contribution in [2.24, 2.45) is 0 Å². The minimum atomic E-state index is -0.0249. The summed E-state index contributed by atoms with van der Waals surface area (Å²) in [5.74, 6) is 1.19. The number of piperazine rings is 1. The summed E-state index contributed by atoms with van der Waals surface area (Å²) in [6.45, 7) is 3.75. The number of pyridine rings is 1. The van der Waals surface area contributed by atoms with Gasteiger partial charge in [0.05, 0.1) is 25.5 Å². The van der Waals surface area contributed by atoms with E-state index in [-0.39, 0.29) is 5.91 Å². The van der Waals surface area contributed by atoms with Gasteiger partial charge in [0.25, 0.3) is 5.91 Å². The monoisotopic (exact) mass is 380 g/mol. The predicted octanol–water partition coefficient (Wildman–Crippen LogP) is 2.31. The lowest BCUT2D eigenvalue weighted by molar-refractivity contribution is 0.0623. The molecule has 0 atom stereocenters. The number of hydrogen-bond donors (Lipinski definition) is 0. The van der Waals surface area contributed by atoms with Crippen LogP contribution in [0.1, 0.15) is 16.1 Å². The number of ether oxygens (including phenoxy) is 2. The van der Waals surface area contributed by atoms with Crippen molar-refractivity contribution < 1.29 is 14.3 Å². The zero-order valence-electron chi connectivity index (χ0n) is 16.2. The Bertz CT molecular complexity index is 944. The molecule has 0 saturated carbocycles. The van der Waals surface area contributed by atoms with Gasteiger partial charge in [0.2, 0.25) is 0 Å². The van der Waals surface area contributed by atoms with Gasteiger partial charge in [0.1, 0.15) is 17.1 Å². The third kappa shape index (κ3) is 3.66. The van der Waals surface area contributed by atoms with Gasteiger partial charge < -0.3 is 18.8 Å². The van der Waals surface area contributed by atoms with Crippen molar-refractivity contribution in [3.05, 3.63) is 60.0 Å². The van der Waals surface area contributed by atoms with E-state index in [0.717, 1.165) is 31.0 Å². The van der Waals surface area contributed by atoms with Crippen LogP contribution in [0.3, 0.4) is 0 Å². The number of imidazole rings is 1. The first-order valence-electron chi connectivity index (χ1n) is 9.34. The van der Waals surface area contributed by atoms with E-state index >= 15 is 0 Å². The molecule has 0 radical (unpaired) electrons. The second-order valence-corrected chi connectivity index (χ2v) is 6.83. The molecule has 0 N–H and O–H groups in total. The summed E-state index contributed by atoms with van der Waals surface area (Å²) in [7, 11) is 3.17. The number of amides is 1. The zero-order valence-corrected chi connectivity index (χ0v) is 16.2. The Hall–Kier alpha value is -3.06. The van der Waals surface area contributed by atoms with E-state index in [2.05, 4.69) is 16.1 Å².